The molecule has 1 N–H and O–H groups in total. The predicted molar refractivity (Wildman–Crippen MR) is 123 cm³/mol. The van der Waals surface area contributed by atoms with Crippen LogP contribution in [0.2, 0.25) is 0 Å². The molecule has 0 saturated carbocycles. The van der Waals surface area contributed by atoms with Crippen molar-refractivity contribution in [1.82, 2.24) is 15.1 Å². The summed E-state index contributed by atoms with van der Waals surface area (Å²) in [5, 5.41) is 3.47. The highest BCUT2D eigenvalue weighted by atomic mass is 19.1. The average molecular weight is 425 g/mol. The van der Waals surface area contributed by atoms with Crippen LogP contribution in [0, 0.1) is 5.82 Å². The Hall–Kier alpha value is -2.44. The molecule has 0 bridgehead atoms. The van der Waals surface area contributed by atoms with Crippen molar-refractivity contribution < 1.29 is 9.18 Å². The third kappa shape index (κ3) is 5.43. The summed E-state index contributed by atoms with van der Waals surface area (Å²) in [7, 11) is 1.84. The number of benzene rings is 2. The van der Waals surface area contributed by atoms with Crippen LogP contribution in [0.3, 0.4) is 0 Å². The number of halogens is 1. The van der Waals surface area contributed by atoms with Gasteiger partial charge in [0, 0.05) is 58.0 Å². The largest absolute Gasteiger partial charge is 0.324 e. The molecule has 166 valence electrons. The molecule has 2 fully saturated rings. The Balaban J connectivity index is 1.31. The van der Waals surface area contributed by atoms with Crippen molar-refractivity contribution in [3.05, 3.63) is 65.5 Å². The lowest BCUT2D eigenvalue weighted by Gasteiger charge is -2.35. The van der Waals surface area contributed by atoms with E-state index in [0.717, 1.165) is 50.3 Å². The number of piperazine rings is 1. The number of amides is 2. The number of likely N-dealkylation sites (tertiary alicyclic amines) is 1. The number of nitrogens with zero attached hydrogens (tertiary/aromatic N) is 3. The van der Waals surface area contributed by atoms with E-state index >= 15 is 0 Å². The summed E-state index contributed by atoms with van der Waals surface area (Å²) in [6.07, 6.45) is 1.73. The summed E-state index contributed by atoms with van der Waals surface area (Å²) >= 11 is 0. The Bertz CT molecular complexity index is 879. The fourth-order valence-electron chi connectivity index (χ4n) is 4.73. The predicted octanol–water partition coefficient (Wildman–Crippen LogP) is 4.06. The summed E-state index contributed by atoms with van der Waals surface area (Å²) in [6.45, 7) is 7.72. The highest BCUT2D eigenvalue weighted by Gasteiger charge is 2.26. The van der Waals surface area contributed by atoms with Gasteiger partial charge in [0.2, 0.25) is 0 Å². The van der Waals surface area contributed by atoms with E-state index in [4.69, 9.17) is 0 Å². The first kappa shape index (κ1) is 21.8. The van der Waals surface area contributed by atoms with Crippen molar-refractivity contribution in [1.29, 1.82) is 0 Å². The topological polar surface area (TPSA) is 38.8 Å². The molecule has 2 amide bonds. The highest BCUT2D eigenvalue weighted by Crippen LogP contribution is 2.29. The summed E-state index contributed by atoms with van der Waals surface area (Å²) in [4.78, 5) is 19.1. The number of rotatable bonds is 4. The van der Waals surface area contributed by atoms with Gasteiger partial charge in [0.1, 0.15) is 5.82 Å². The van der Waals surface area contributed by atoms with Gasteiger partial charge in [0.05, 0.1) is 0 Å². The number of hydrogen-bond acceptors (Lipinski definition) is 3. The number of carbonyl (C=O) groups excluding carboxylic acids is 1. The van der Waals surface area contributed by atoms with Gasteiger partial charge in [-0.2, -0.15) is 0 Å². The van der Waals surface area contributed by atoms with Gasteiger partial charge in [-0.1, -0.05) is 24.3 Å². The molecule has 5 nitrogen and oxygen atoms in total. The summed E-state index contributed by atoms with van der Waals surface area (Å²) < 4.78 is 13.5. The minimum atomic E-state index is -0.189. The summed E-state index contributed by atoms with van der Waals surface area (Å²) in [6, 6.07) is 15.7. The zero-order chi connectivity index (χ0) is 21.8. The van der Waals surface area contributed by atoms with Crippen molar-refractivity contribution in [3.63, 3.8) is 0 Å². The van der Waals surface area contributed by atoms with Crippen LogP contribution in [-0.2, 0) is 6.54 Å². The van der Waals surface area contributed by atoms with Crippen LogP contribution in [0.4, 0.5) is 14.9 Å². The van der Waals surface area contributed by atoms with Crippen LogP contribution in [0.15, 0.2) is 48.5 Å². The molecule has 2 aromatic rings. The normalized spacial score (nSPS) is 20.6. The molecule has 2 heterocycles. The third-order valence-corrected chi connectivity index (χ3v) is 6.56. The van der Waals surface area contributed by atoms with Crippen LogP contribution in [-0.4, -0.2) is 61.6 Å². The zero-order valence-electron chi connectivity index (χ0n) is 18.6. The lowest BCUT2D eigenvalue weighted by Crippen LogP contribution is -2.48. The molecular weight excluding hydrogens is 391 g/mol. The first-order valence-electron chi connectivity index (χ1n) is 11.3. The van der Waals surface area contributed by atoms with Gasteiger partial charge < -0.3 is 10.2 Å². The van der Waals surface area contributed by atoms with Gasteiger partial charge in [0.25, 0.3) is 0 Å². The SMILES string of the molecule is C[C@H]1CN(Cc2ccc(N(C)C(=O)N3CCC(c4cccc(F)c4)CC3)cc2)CCN1. The molecule has 0 aliphatic carbocycles. The first-order chi connectivity index (χ1) is 15.0. The number of nitrogens with one attached hydrogen (secondary N) is 1. The molecule has 0 spiro atoms. The maximum absolute atomic E-state index is 13.5. The number of piperidine rings is 1. The molecule has 0 radical (unpaired) electrons. The van der Waals surface area contributed by atoms with Gasteiger partial charge in [-0.05, 0) is 61.1 Å². The smallest absolute Gasteiger partial charge is 0.324 e. The van der Waals surface area contributed by atoms with E-state index in [1.807, 2.05) is 30.1 Å². The van der Waals surface area contributed by atoms with E-state index in [2.05, 4.69) is 29.3 Å². The van der Waals surface area contributed by atoms with Crippen LogP contribution in [0.5, 0.6) is 0 Å². The van der Waals surface area contributed by atoms with Gasteiger partial charge in [-0.3, -0.25) is 9.80 Å². The maximum Gasteiger partial charge on any atom is 0.324 e. The molecule has 0 aromatic heterocycles. The van der Waals surface area contributed by atoms with E-state index < -0.39 is 0 Å². The number of carbonyl (C=O) groups is 1. The molecule has 4 rings (SSSR count). The van der Waals surface area contributed by atoms with Crippen molar-refractivity contribution in [2.75, 3.05) is 44.7 Å². The van der Waals surface area contributed by atoms with Gasteiger partial charge in [-0.25, -0.2) is 9.18 Å². The number of hydrogen-bond donors (Lipinski definition) is 1. The third-order valence-electron chi connectivity index (χ3n) is 6.56. The van der Waals surface area contributed by atoms with E-state index in [1.165, 1.54) is 11.6 Å². The summed E-state index contributed by atoms with van der Waals surface area (Å²) in [5.74, 6) is 0.127. The van der Waals surface area contributed by atoms with Crippen molar-refractivity contribution in [3.8, 4) is 0 Å². The van der Waals surface area contributed by atoms with E-state index in [9.17, 15) is 9.18 Å². The quantitative estimate of drug-likeness (QED) is 0.805. The second-order valence-corrected chi connectivity index (χ2v) is 8.91. The van der Waals surface area contributed by atoms with Crippen molar-refractivity contribution in [2.24, 2.45) is 0 Å². The van der Waals surface area contributed by atoms with Crippen LogP contribution in [0.1, 0.15) is 36.8 Å². The number of urea groups is 1. The minimum Gasteiger partial charge on any atom is -0.324 e. The Morgan fingerprint density at radius 2 is 1.87 bits per heavy atom. The van der Waals surface area contributed by atoms with Gasteiger partial charge in [-0.15, -0.1) is 0 Å². The molecule has 2 aliphatic rings. The first-order valence-corrected chi connectivity index (χ1v) is 11.3. The molecule has 0 unspecified atom stereocenters. The lowest BCUT2D eigenvalue weighted by atomic mass is 9.89. The van der Waals surface area contributed by atoms with E-state index in [0.29, 0.717) is 25.0 Å². The minimum absolute atomic E-state index is 0.0290. The zero-order valence-corrected chi connectivity index (χ0v) is 18.6. The van der Waals surface area contributed by atoms with E-state index in [1.54, 1.807) is 17.0 Å². The van der Waals surface area contributed by atoms with Crippen molar-refractivity contribution >= 4 is 11.7 Å². The van der Waals surface area contributed by atoms with E-state index in [-0.39, 0.29) is 11.8 Å². The fourth-order valence-corrected chi connectivity index (χ4v) is 4.73. The van der Waals surface area contributed by atoms with Gasteiger partial charge in [0.15, 0.2) is 0 Å². The van der Waals surface area contributed by atoms with Crippen LogP contribution >= 0.6 is 0 Å². The second-order valence-electron chi connectivity index (χ2n) is 8.91. The molecule has 2 aliphatic heterocycles. The second kappa shape index (κ2) is 9.79. The standard InChI is InChI=1S/C25H33FN4O/c1-19-17-29(15-12-27-19)18-20-6-8-24(9-7-20)28(2)25(31)30-13-10-21(11-14-30)22-4-3-5-23(26)16-22/h3-9,16,19,21,27H,10-15,17-18H2,1-2H3/t19-/m0/s1. The molecule has 2 saturated heterocycles. The Morgan fingerprint density at radius 1 is 1.13 bits per heavy atom. The molecule has 1 atom stereocenters. The maximum atomic E-state index is 13.5. The lowest BCUT2D eigenvalue weighted by molar-refractivity contribution is 0.189. The van der Waals surface area contributed by atoms with Gasteiger partial charge >= 0.3 is 6.03 Å². The molecule has 6 heteroatoms. The Labute approximate surface area is 184 Å². The van der Waals surface area contributed by atoms with Crippen molar-refractivity contribution in [2.45, 2.75) is 38.3 Å². The molecular formula is C25H33FN4O. The van der Waals surface area contributed by atoms with Crippen LogP contribution < -0.4 is 10.2 Å². The Morgan fingerprint density at radius 3 is 2.55 bits per heavy atom. The summed E-state index contributed by atoms with van der Waals surface area (Å²) in [5.41, 5.74) is 3.22. The number of anilines is 1. The monoisotopic (exact) mass is 424 g/mol. The Kier molecular flexibility index (Phi) is 6.88. The molecule has 31 heavy (non-hydrogen) atoms. The van der Waals surface area contributed by atoms with Crippen LogP contribution in [0.25, 0.3) is 0 Å². The average Bonchev–Trinajstić information content (AvgIpc) is 2.79. The molecule has 2 aromatic carbocycles. The fraction of sp³-hybridized carbons (Fsp3) is 0.480. The highest BCUT2D eigenvalue weighted by molar-refractivity contribution is 5.91.